The van der Waals surface area contributed by atoms with Crippen LogP contribution < -0.4 is 5.32 Å². The first-order valence-corrected chi connectivity index (χ1v) is 19.0. The Morgan fingerprint density at radius 2 is 1.87 bits per heavy atom. The average molecular weight is 757 g/mol. The molecule has 3 amide bonds. The van der Waals surface area contributed by atoms with Gasteiger partial charge in [-0.2, -0.15) is 0 Å². The zero-order chi connectivity index (χ0) is 39.3. The van der Waals surface area contributed by atoms with Crippen LogP contribution in [0.2, 0.25) is 0 Å². The van der Waals surface area contributed by atoms with Gasteiger partial charge in [0, 0.05) is 20.1 Å². The van der Waals surface area contributed by atoms with Crippen molar-refractivity contribution in [3.05, 3.63) is 85.5 Å². The lowest BCUT2D eigenvalue weighted by atomic mass is 9.70. The number of carbonyl (C=O) groups is 4. The van der Waals surface area contributed by atoms with E-state index in [2.05, 4.69) is 28.8 Å². The van der Waals surface area contributed by atoms with Crippen molar-refractivity contribution in [3.8, 4) is 0 Å². The van der Waals surface area contributed by atoms with Crippen LogP contribution in [-0.2, 0) is 40.1 Å². The van der Waals surface area contributed by atoms with E-state index in [1.165, 1.54) is 12.0 Å². The van der Waals surface area contributed by atoms with Gasteiger partial charge in [-0.1, -0.05) is 73.7 Å². The summed E-state index contributed by atoms with van der Waals surface area (Å²) >= 11 is 0. The molecule has 55 heavy (non-hydrogen) atoms. The highest BCUT2D eigenvalue weighted by Crippen LogP contribution is 2.59. The van der Waals surface area contributed by atoms with Crippen molar-refractivity contribution in [3.63, 3.8) is 0 Å². The SMILES string of the molecule is C=CCCC(=O)N[C@@H](COC)[C@@H](OC(=O)[C@@H]1[C@@H]2CC[C@]3(O2)[C@H](C(=O)N(CC=C)Cn2nnc4ccccc42)N([C@@H](CO)CC(C)C)C(=O)[C@@H]13)c1ccccc1. The van der Waals surface area contributed by atoms with E-state index >= 15 is 4.79 Å². The molecule has 14 heteroatoms. The van der Waals surface area contributed by atoms with Crippen LogP contribution >= 0.6 is 0 Å². The van der Waals surface area contributed by atoms with Gasteiger partial charge in [-0.3, -0.25) is 19.2 Å². The van der Waals surface area contributed by atoms with Gasteiger partial charge in [0.15, 0.2) is 0 Å². The number of likely N-dealkylation sites (tertiary alicyclic amines) is 1. The lowest BCUT2D eigenvalue weighted by Gasteiger charge is -2.39. The number of benzene rings is 2. The minimum Gasteiger partial charge on any atom is -0.455 e. The zero-order valence-corrected chi connectivity index (χ0v) is 31.8. The van der Waals surface area contributed by atoms with E-state index in [-0.39, 0.29) is 44.7 Å². The summed E-state index contributed by atoms with van der Waals surface area (Å²) in [5.41, 5.74) is 0.666. The molecular weight excluding hydrogens is 704 g/mol. The van der Waals surface area contributed by atoms with Crippen LogP contribution in [0, 0.1) is 17.8 Å². The fourth-order valence-electron chi connectivity index (χ4n) is 8.71. The van der Waals surface area contributed by atoms with Crippen molar-refractivity contribution in [2.75, 3.05) is 26.9 Å². The first-order valence-electron chi connectivity index (χ1n) is 19.0. The van der Waals surface area contributed by atoms with E-state index < -0.39 is 65.6 Å². The summed E-state index contributed by atoms with van der Waals surface area (Å²) in [5, 5.41) is 22.3. The smallest absolute Gasteiger partial charge is 0.313 e. The first kappa shape index (κ1) is 39.8. The Morgan fingerprint density at radius 3 is 2.56 bits per heavy atom. The Hall–Kier alpha value is -4.92. The highest BCUT2D eigenvalue weighted by Gasteiger charge is 2.75. The predicted molar refractivity (Wildman–Crippen MR) is 203 cm³/mol. The number of esters is 1. The molecule has 2 N–H and O–H groups in total. The molecule has 3 aromatic rings. The summed E-state index contributed by atoms with van der Waals surface area (Å²) in [6, 6.07) is 13.9. The number of rotatable bonds is 19. The Labute approximate surface area is 321 Å². The van der Waals surface area contributed by atoms with E-state index in [9.17, 15) is 19.5 Å². The average Bonchev–Trinajstić information content (AvgIpc) is 3.94. The van der Waals surface area contributed by atoms with Gasteiger partial charge in [0.2, 0.25) is 17.7 Å². The fraction of sp³-hybridized carbons (Fsp3) is 0.512. The Bertz CT molecular complexity index is 1870. The molecule has 0 saturated carbocycles. The molecule has 2 aromatic carbocycles. The van der Waals surface area contributed by atoms with Crippen molar-refractivity contribution in [2.45, 2.75) is 88.6 Å². The molecule has 3 aliphatic heterocycles. The van der Waals surface area contributed by atoms with E-state index in [0.29, 0.717) is 36.8 Å². The summed E-state index contributed by atoms with van der Waals surface area (Å²) < 4.78 is 20.2. The molecule has 3 saturated heterocycles. The number of hydrogen-bond donors (Lipinski definition) is 2. The molecule has 0 radical (unpaired) electrons. The second-order valence-electron chi connectivity index (χ2n) is 15.1. The van der Waals surface area contributed by atoms with Crippen LogP contribution in [0.3, 0.4) is 0 Å². The maximum Gasteiger partial charge on any atom is 0.313 e. The zero-order valence-electron chi connectivity index (χ0n) is 31.8. The molecule has 3 fully saturated rings. The molecule has 4 heterocycles. The molecule has 1 spiro atoms. The third kappa shape index (κ3) is 7.80. The van der Waals surface area contributed by atoms with Gasteiger partial charge in [-0.15, -0.1) is 18.3 Å². The number of hydrogen-bond acceptors (Lipinski definition) is 10. The second-order valence-corrected chi connectivity index (χ2v) is 15.1. The van der Waals surface area contributed by atoms with Gasteiger partial charge in [0.05, 0.1) is 48.8 Å². The monoisotopic (exact) mass is 756 g/mol. The molecule has 8 atom stereocenters. The highest BCUT2D eigenvalue weighted by atomic mass is 16.6. The van der Waals surface area contributed by atoms with Crippen molar-refractivity contribution in [1.82, 2.24) is 30.1 Å². The van der Waals surface area contributed by atoms with Crippen LogP contribution in [0.15, 0.2) is 79.9 Å². The number of carbonyl (C=O) groups excluding carboxylic acids is 4. The van der Waals surface area contributed by atoms with Crippen LogP contribution in [0.5, 0.6) is 0 Å². The van der Waals surface area contributed by atoms with Gasteiger partial charge in [-0.25, -0.2) is 4.68 Å². The lowest BCUT2D eigenvalue weighted by molar-refractivity contribution is -0.163. The lowest BCUT2D eigenvalue weighted by Crippen LogP contribution is -2.59. The molecule has 6 rings (SSSR count). The van der Waals surface area contributed by atoms with Gasteiger partial charge in [0.1, 0.15) is 29.9 Å². The number of aliphatic hydroxyl groups excluding tert-OH is 1. The third-order valence-corrected chi connectivity index (χ3v) is 11.0. The molecule has 3 aliphatic rings. The summed E-state index contributed by atoms with van der Waals surface area (Å²) in [6.45, 7) is 11.4. The van der Waals surface area contributed by atoms with Crippen molar-refractivity contribution >= 4 is 34.7 Å². The van der Waals surface area contributed by atoms with Crippen LogP contribution in [0.25, 0.3) is 11.0 Å². The first-order chi connectivity index (χ1) is 26.6. The standard InChI is InChI=1S/C41H52N6O8/c1-6-8-18-33(49)42-30(24-53-5)36(27-14-10-9-11-15-27)54-40(52)34-32-19-20-41(55-32)35(34)38(50)47(28(23-48)22-26(3)4)37(41)39(51)45(21-7-2)25-46-31-17-13-12-16-29(31)43-44-46/h6-7,9-17,26,28,30,32,34-37,48H,1-2,8,18-25H2,3-5H3,(H,42,49)/t28-,30+,32+,34-,35-,36+,37+,41-/m1/s1. The number of fused-ring (bicyclic) bond motifs is 2. The minimum absolute atomic E-state index is 0.0195. The number of nitrogens with zero attached hydrogens (tertiary/aromatic N) is 5. The van der Waals surface area contributed by atoms with Gasteiger partial charge >= 0.3 is 5.97 Å². The molecule has 0 aliphatic carbocycles. The van der Waals surface area contributed by atoms with Gasteiger partial charge < -0.3 is 34.4 Å². The maximum absolute atomic E-state index is 15.0. The number of ether oxygens (including phenoxy) is 3. The summed E-state index contributed by atoms with van der Waals surface area (Å²) in [5.74, 6) is -3.79. The summed E-state index contributed by atoms with van der Waals surface area (Å²) in [6.07, 6.45) is 3.46. The third-order valence-electron chi connectivity index (χ3n) is 11.0. The molecule has 2 bridgehead atoms. The predicted octanol–water partition coefficient (Wildman–Crippen LogP) is 3.57. The second kappa shape index (κ2) is 17.3. The van der Waals surface area contributed by atoms with Crippen molar-refractivity contribution in [1.29, 1.82) is 0 Å². The number of amides is 3. The van der Waals surface area contributed by atoms with Crippen LogP contribution in [0.4, 0.5) is 0 Å². The number of aromatic nitrogens is 3. The van der Waals surface area contributed by atoms with Crippen molar-refractivity contribution in [2.24, 2.45) is 17.8 Å². The van der Waals surface area contributed by atoms with Crippen LogP contribution in [0.1, 0.15) is 57.6 Å². The number of methoxy groups -OCH3 is 1. The number of nitrogens with one attached hydrogen (secondary N) is 1. The minimum atomic E-state index is -1.36. The van der Waals surface area contributed by atoms with Gasteiger partial charge in [-0.05, 0) is 49.3 Å². The Morgan fingerprint density at radius 1 is 1.13 bits per heavy atom. The molecule has 294 valence electrons. The van der Waals surface area contributed by atoms with E-state index in [1.807, 2.05) is 56.3 Å². The highest BCUT2D eigenvalue weighted by molar-refractivity contribution is 5.98. The van der Waals surface area contributed by atoms with E-state index in [1.54, 1.807) is 33.9 Å². The van der Waals surface area contributed by atoms with E-state index in [4.69, 9.17) is 14.2 Å². The fourth-order valence-corrected chi connectivity index (χ4v) is 8.71. The summed E-state index contributed by atoms with van der Waals surface area (Å²) in [7, 11) is 1.50. The quantitative estimate of drug-likeness (QED) is 0.137. The maximum atomic E-state index is 15.0. The molecule has 0 unspecified atom stereocenters. The van der Waals surface area contributed by atoms with E-state index in [0.717, 1.165) is 5.52 Å². The Kier molecular flexibility index (Phi) is 12.5. The molecule has 1 aromatic heterocycles. The largest absolute Gasteiger partial charge is 0.455 e. The molecular formula is C41H52N6O8. The number of allylic oxidation sites excluding steroid dienone is 1. The van der Waals surface area contributed by atoms with Gasteiger partial charge in [0.25, 0.3) is 0 Å². The number of para-hydroxylation sites is 1. The van der Waals surface area contributed by atoms with Crippen LogP contribution in [-0.4, -0.2) is 110 Å². The Balaban J connectivity index is 1.36. The topological polar surface area (TPSA) is 165 Å². The normalized spacial score (nSPS) is 24.4. The molecule has 14 nitrogen and oxygen atoms in total. The summed E-state index contributed by atoms with van der Waals surface area (Å²) in [4.78, 5) is 60.6. The van der Waals surface area contributed by atoms with Crippen molar-refractivity contribution < 1.29 is 38.5 Å². The number of aliphatic hydroxyl groups is 1.